The predicted molar refractivity (Wildman–Crippen MR) is 53.3 cm³/mol. The molecular formula is C9H17N3O2. The van der Waals surface area contributed by atoms with E-state index in [0.717, 1.165) is 31.6 Å². The van der Waals surface area contributed by atoms with E-state index in [4.69, 9.17) is 10.9 Å². The summed E-state index contributed by atoms with van der Waals surface area (Å²) >= 11 is 0. The van der Waals surface area contributed by atoms with Crippen molar-refractivity contribution < 1.29 is 10.0 Å². The van der Waals surface area contributed by atoms with Crippen molar-refractivity contribution in [3.05, 3.63) is 0 Å². The normalized spacial score (nSPS) is 20.5. The first-order chi connectivity index (χ1) is 6.63. The molecule has 3 N–H and O–H groups in total. The van der Waals surface area contributed by atoms with Gasteiger partial charge in [0, 0.05) is 38.4 Å². The van der Waals surface area contributed by atoms with Crippen LogP contribution in [0.3, 0.4) is 0 Å². The average Bonchev–Trinajstić information content (AvgIpc) is 2.19. The molecular weight excluding hydrogens is 182 g/mol. The van der Waals surface area contributed by atoms with Gasteiger partial charge in [0.25, 0.3) is 0 Å². The Bertz CT molecular complexity index is 230. The van der Waals surface area contributed by atoms with Gasteiger partial charge in [-0.1, -0.05) is 12.1 Å². The van der Waals surface area contributed by atoms with Crippen LogP contribution in [-0.4, -0.2) is 41.4 Å². The standard InChI is InChI=1S/C9H17N3O2/c1-7(9(10)13)6-12-4-2-8(11-14)3-5-12/h7,14H,2-6H2,1H3,(H2,10,13). The molecule has 1 rings (SSSR count). The van der Waals surface area contributed by atoms with Crippen LogP contribution in [0.25, 0.3) is 0 Å². The summed E-state index contributed by atoms with van der Waals surface area (Å²) in [6.45, 7) is 4.22. The minimum Gasteiger partial charge on any atom is -0.411 e. The van der Waals surface area contributed by atoms with Gasteiger partial charge in [-0.3, -0.25) is 4.79 Å². The molecule has 0 radical (unpaired) electrons. The number of carbonyl (C=O) groups excluding carboxylic acids is 1. The van der Waals surface area contributed by atoms with Gasteiger partial charge in [-0.15, -0.1) is 0 Å². The van der Waals surface area contributed by atoms with Crippen LogP contribution in [0.15, 0.2) is 5.16 Å². The average molecular weight is 199 g/mol. The molecule has 1 atom stereocenters. The predicted octanol–water partition coefficient (Wildman–Crippen LogP) is 0.0338. The Balaban J connectivity index is 2.32. The van der Waals surface area contributed by atoms with E-state index in [1.807, 2.05) is 6.92 Å². The highest BCUT2D eigenvalue weighted by atomic mass is 16.4. The van der Waals surface area contributed by atoms with Crippen LogP contribution in [0, 0.1) is 5.92 Å². The van der Waals surface area contributed by atoms with Crippen molar-refractivity contribution in [3.8, 4) is 0 Å². The fourth-order valence-corrected chi connectivity index (χ4v) is 1.57. The third-order valence-corrected chi connectivity index (χ3v) is 2.59. The van der Waals surface area contributed by atoms with Crippen molar-refractivity contribution >= 4 is 11.6 Å². The monoisotopic (exact) mass is 199 g/mol. The number of nitrogens with two attached hydrogens (primary N) is 1. The Morgan fingerprint density at radius 3 is 2.64 bits per heavy atom. The Morgan fingerprint density at radius 2 is 2.21 bits per heavy atom. The Morgan fingerprint density at radius 1 is 1.64 bits per heavy atom. The summed E-state index contributed by atoms with van der Waals surface area (Å²) in [6.07, 6.45) is 1.56. The summed E-state index contributed by atoms with van der Waals surface area (Å²) < 4.78 is 0. The maximum atomic E-state index is 10.8. The van der Waals surface area contributed by atoms with Crippen molar-refractivity contribution in [2.45, 2.75) is 19.8 Å². The number of likely N-dealkylation sites (tertiary alicyclic amines) is 1. The molecule has 80 valence electrons. The number of hydrogen-bond donors (Lipinski definition) is 2. The molecule has 0 aliphatic carbocycles. The number of primary amides is 1. The molecule has 1 fully saturated rings. The smallest absolute Gasteiger partial charge is 0.221 e. The summed E-state index contributed by atoms with van der Waals surface area (Å²) in [4.78, 5) is 13.0. The van der Waals surface area contributed by atoms with Crippen LogP contribution >= 0.6 is 0 Å². The lowest BCUT2D eigenvalue weighted by molar-refractivity contribution is -0.121. The van der Waals surface area contributed by atoms with Crippen LogP contribution in [0.4, 0.5) is 0 Å². The molecule has 1 aliphatic heterocycles. The number of oxime groups is 1. The Hall–Kier alpha value is -1.10. The number of rotatable bonds is 3. The molecule has 5 heteroatoms. The van der Waals surface area contributed by atoms with Crippen LogP contribution < -0.4 is 5.73 Å². The van der Waals surface area contributed by atoms with Gasteiger partial charge in [-0.2, -0.15) is 0 Å². The van der Waals surface area contributed by atoms with Gasteiger partial charge < -0.3 is 15.8 Å². The lowest BCUT2D eigenvalue weighted by Crippen LogP contribution is -2.39. The first kappa shape index (κ1) is 11.0. The lowest BCUT2D eigenvalue weighted by Gasteiger charge is -2.28. The van der Waals surface area contributed by atoms with E-state index in [0.29, 0.717) is 6.54 Å². The minimum atomic E-state index is -0.258. The van der Waals surface area contributed by atoms with Gasteiger partial charge in [-0.25, -0.2) is 0 Å². The van der Waals surface area contributed by atoms with E-state index in [-0.39, 0.29) is 11.8 Å². The third kappa shape index (κ3) is 2.99. The Kier molecular flexibility index (Phi) is 3.88. The lowest BCUT2D eigenvalue weighted by atomic mass is 10.1. The Labute approximate surface area is 83.6 Å². The highest BCUT2D eigenvalue weighted by Gasteiger charge is 2.19. The third-order valence-electron chi connectivity index (χ3n) is 2.59. The summed E-state index contributed by atoms with van der Waals surface area (Å²) in [5.74, 6) is -0.366. The highest BCUT2D eigenvalue weighted by Crippen LogP contribution is 2.09. The van der Waals surface area contributed by atoms with Gasteiger partial charge in [0.2, 0.25) is 5.91 Å². The molecule has 0 aromatic carbocycles. The zero-order chi connectivity index (χ0) is 10.6. The maximum absolute atomic E-state index is 10.8. The van der Waals surface area contributed by atoms with E-state index >= 15 is 0 Å². The first-order valence-corrected chi connectivity index (χ1v) is 4.85. The van der Waals surface area contributed by atoms with Crippen molar-refractivity contribution in [2.24, 2.45) is 16.8 Å². The molecule has 1 unspecified atom stereocenters. The van der Waals surface area contributed by atoms with Gasteiger partial charge in [-0.05, 0) is 0 Å². The molecule has 0 aromatic rings. The fraction of sp³-hybridized carbons (Fsp3) is 0.778. The van der Waals surface area contributed by atoms with Crippen LogP contribution in [0.5, 0.6) is 0 Å². The van der Waals surface area contributed by atoms with Gasteiger partial charge >= 0.3 is 0 Å². The molecule has 5 nitrogen and oxygen atoms in total. The second kappa shape index (κ2) is 4.95. The van der Waals surface area contributed by atoms with Crippen LogP contribution in [-0.2, 0) is 4.79 Å². The van der Waals surface area contributed by atoms with Crippen molar-refractivity contribution in [1.29, 1.82) is 0 Å². The molecule has 1 heterocycles. The van der Waals surface area contributed by atoms with E-state index in [1.165, 1.54) is 0 Å². The quantitative estimate of drug-likeness (QED) is 0.497. The van der Waals surface area contributed by atoms with E-state index < -0.39 is 0 Å². The van der Waals surface area contributed by atoms with Crippen molar-refractivity contribution in [2.75, 3.05) is 19.6 Å². The zero-order valence-electron chi connectivity index (χ0n) is 8.44. The number of nitrogens with zero attached hydrogens (tertiary/aromatic N) is 2. The van der Waals surface area contributed by atoms with E-state index in [1.54, 1.807) is 0 Å². The SMILES string of the molecule is CC(CN1CCC(=NO)CC1)C(N)=O. The van der Waals surface area contributed by atoms with Gasteiger partial charge in [0.05, 0.1) is 5.71 Å². The summed E-state index contributed by atoms with van der Waals surface area (Å²) in [7, 11) is 0. The minimum absolute atomic E-state index is 0.109. The molecule has 1 aliphatic rings. The van der Waals surface area contributed by atoms with Crippen LogP contribution in [0.2, 0.25) is 0 Å². The van der Waals surface area contributed by atoms with E-state index in [9.17, 15) is 4.79 Å². The molecule has 1 saturated heterocycles. The largest absolute Gasteiger partial charge is 0.411 e. The van der Waals surface area contributed by atoms with Gasteiger partial charge in [0.15, 0.2) is 0 Å². The molecule has 0 spiro atoms. The number of piperidine rings is 1. The molecule has 1 amide bonds. The summed E-state index contributed by atoms with van der Waals surface area (Å²) in [5.41, 5.74) is 6.02. The first-order valence-electron chi connectivity index (χ1n) is 4.85. The summed E-state index contributed by atoms with van der Waals surface area (Å²) in [5, 5.41) is 11.7. The summed E-state index contributed by atoms with van der Waals surface area (Å²) in [6, 6.07) is 0. The maximum Gasteiger partial charge on any atom is 0.221 e. The number of amides is 1. The molecule has 0 saturated carbocycles. The fourth-order valence-electron chi connectivity index (χ4n) is 1.57. The number of carbonyl (C=O) groups is 1. The molecule has 0 bridgehead atoms. The molecule has 0 aromatic heterocycles. The second-order valence-corrected chi connectivity index (χ2v) is 3.77. The highest BCUT2D eigenvalue weighted by molar-refractivity contribution is 5.84. The molecule has 14 heavy (non-hydrogen) atoms. The van der Waals surface area contributed by atoms with Crippen molar-refractivity contribution in [1.82, 2.24) is 4.90 Å². The van der Waals surface area contributed by atoms with E-state index in [2.05, 4.69) is 10.1 Å². The number of hydrogen-bond acceptors (Lipinski definition) is 4. The topological polar surface area (TPSA) is 78.9 Å². The van der Waals surface area contributed by atoms with Crippen LogP contribution in [0.1, 0.15) is 19.8 Å². The second-order valence-electron chi connectivity index (χ2n) is 3.77. The van der Waals surface area contributed by atoms with Crippen molar-refractivity contribution in [3.63, 3.8) is 0 Å². The zero-order valence-corrected chi connectivity index (χ0v) is 8.44. The van der Waals surface area contributed by atoms with Gasteiger partial charge in [0.1, 0.15) is 0 Å².